The molecule has 1 aromatic carbocycles. The van der Waals surface area contributed by atoms with Crippen LogP contribution in [0.25, 0.3) is 0 Å². The minimum Gasteiger partial charge on any atom is -0.383 e. The molecule has 0 radical (unpaired) electrons. The van der Waals surface area contributed by atoms with Crippen molar-refractivity contribution in [2.75, 3.05) is 31.3 Å². The molecule has 0 saturated heterocycles. The molecule has 0 aliphatic heterocycles. The summed E-state index contributed by atoms with van der Waals surface area (Å²) in [6, 6.07) is 6.83. The Morgan fingerprint density at radius 1 is 1.39 bits per heavy atom. The standard InChI is InChI=1S/C12H18ClNO3S/c1-3-18(15,16)12-7-5-4-6-11(12)14-8-10(13)9-17-2/h4-7,10,14H,3,8-9H2,1-2H3. The van der Waals surface area contributed by atoms with E-state index in [2.05, 4.69) is 5.32 Å². The number of anilines is 1. The average Bonchev–Trinajstić information content (AvgIpc) is 2.37. The van der Waals surface area contributed by atoms with Crippen molar-refractivity contribution in [1.29, 1.82) is 0 Å². The molecule has 1 rings (SSSR count). The van der Waals surface area contributed by atoms with Gasteiger partial charge in [-0.25, -0.2) is 8.42 Å². The molecular weight excluding hydrogens is 274 g/mol. The first-order valence-electron chi connectivity index (χ1n) is 5.70. The highest BCUT2D eigenvalue weighted by Gasteiger charge is 2.16. The summed E-state index contributed by atoms with van der Waals surface area (Å²) in [5, 5.41) is 2.85. The zero-order chi connectivity index (χ0) is 13.6. The zero-order valence-electron chi connectivity index (χ0n) is 10.5. The van der Waals surface area contributed by atoms with Crippen LogP contribution in [0.5, 0.6) is 0 Å². The van der Waals surface area contributed by atoms with Crippen LogP contribution >= 0.6 is 11.6 Å². The second-order valence-corrected chi connectivity index (χ2v) is 6.70. The zero-order valence-corrected chi connectivity index (χ0v) is 12.1. The van der Waals surface area contributed by atoms with Crippen molar-refractivity contribution in [2.45, 2.75) is 17.2 Å². The normalized spacial score (nSPS) is 13.3. The lowest BCUT2D eigenvalue weighted by molar-refractivity contribution is 0.200. The van der Waals surface area contributed by atoms with E-state index >= 15 is 0 Å². The Bertz CT molecular complexity index is 476. The minimum atomic E-state index is -3.23. The molecule has 0 heterocycles. The van der Waals surface area contributed by atoms with Gasteiger partial charge in [-0.05, 0) is 12.1 Å². The van der Waals surface area contributed by atoms with Gasteiger partial charge in [0.15, 0.2) is 9.84 Å². The van der Waals surface area contributed by atoms with Crippen molar-refractivity contribution in [2.24, 2.45) is 0 Å². The second-order valence-electron chi connectivity index (χ2n) is 3.83. The van der Waals surface area contributed by atoms with Crippen LogP contribution in [0.4, 0.5) is 5.69 Å². The first-order chi connectivity index (χ1) is 8.51. The number of sulfone groups is 1. The van der Waals surface area contributed by atoms with Crippen LogP contribution in [0.1, 0.15) is 6.92 Å². The van der Waals surface area contributed by atoms with Crippen LogP contribution in [0.2, 0.25) is 0 Å². The van der Waals surface area contributed by atoms with E-state index in [1.54, 1.807) is 38.3 Å². The summed E-state index contributed by atoms with van der Waals surface area (Å²) in [4.78, 5) is 0.314. The fourth-order valence-electron chi connectivity index (χ4n) is 1.50. The van der Waals surface area contributed by atoms with Gasteiger partial charge in [0.2, 0.25) is 0 Å². The molecule has 4 nitrogen and oxygen atoms in total. The SMILES string of the molecule is CCS(=O)(=O)c1ccccc1NCC(Cl)COC. The van der Waals surface area contributed by atoms with Crippen molar-refractivity contribution in [3.05, 3.63) is 24.3 Å². The molecule has 1 aromatic rings. The molecule has 1 N–H and O–H groups in total. The molecule has 0 saturated carbocycles. The summed E-state index contributed by atoms with van der Waals surface area (Å²) >= 11 is 5.99. The number of alkyl halides is 1. The third-order valence-electron chi connectivity index (χ3n) is 2.46. The molecule has 0 aliphatic carbocycles. The van der Waals surface area contributed by atoms with Crippen molar-refractivity contribution in [3.63, 3.8) is 0 Å². The Kier molecular flexibility index (Phi) is 5.91. The van der Waals surface area contributed by atoms with Gasteiger partial charge in [0.25, 0.3) is 0 Å². The molecule has 0 bridgehead atoms. The van der Waals surface area contributed by atoms with Crippen LogP contribution in [0, 0.1) is 0 Å². The van der Waals surface area contributed by atoms with Crippen molar-refractivity contribution >= 4 is 27.1 Å². The Hall–Kier alpha value is -0.780. The van der Waals surface area contributed by atoms with Crippen molar-refractivity contribution in [3.8, 4) is 0 Å². The summed E-state index contributed by atoms with van der Waals surface area (Å²) in [5.41, 5.74) is 0.584. The Labute approximate surface area is 113 Å². The van der Waals surface area contributed by atoms with Crippen molar-refractivity contribution in [1.82, 2.24) is 0 Å². The molecule has 18 heavy (non-hydrogen) atoms. The average molecular weight is 292 g/mol. The van der Waals surface area contributed by atoms with E-state index in [0.29, 0.717) is 23.7 Å². The molecule has 0 fully saturated rings. The molecule has 1 unspecified atom stereocenters. The maximum Gasteiger partial charge on any atom is 0.180 e. The Balaban J connectivity index is 2.84. The van der Waals surface area contributed by atoms with E-state index in [1.165, 1.54) is 0 Å². The molecule has 0 spiro atoms. The van der Waals surface area contributed by atoms with E-state index in [4.69, 9.17) is 16.3 Å². The maximum absolute atomic E-state index is 11.9. The smallest absolute Gasteiger partial charge is 0.180 e. The monoisotopic (exact) mass is 291 g/mol. The number of benzene rings is 1. The fraction of sp³-hybridized carbons (Fsp3) is 0.500. The summed E-state index contributed by atoms with van der Waals surface area (Å²) in [6.07, 6.45) is 0. The molecule has 0 aliphatic rings. The Morgan fingerprint density at radius 2 is 2.06 bits per heavy atom. The lowest BCUT2D eigenvalue weighted by Gasteiger charge is -2.14. The lowest BCUT2D eigenvalue weighted by atomic mass is 10.3. The van der Waals surface area contributed by atoms with Gasteiger partial charge >= 0.3 is 0 Å². The number of nitrogens with one attached hydrogen (secondary N) is 1. The number of ether oxygens (including phenoxy) is 1. The van der Waals surface area contributed by atoms with E-state index in [0.717, 1.165) is 0 Å². The third-order valence-corrected chi connectivity index (χ3v) is 4.53. The topological polar surface area (TPSA) is 55.4 Å². The summed E-state index contributed by atoms with van der Waals surface area (Å²) in [7, 11) is -1.65. The predicted octanol–water partition coefficient (Wildman–Crippen LogP) is 2.15. The maximum atomic E-state index is 11.9. The highest BCUT2D eigenvalue weighted by Crippen LogP contribution is 2.22. The van der Waals surface area contributed by atoms with Gasteiger partial charge < -0.3 is 10.1 Å². The fourth-order valence-corrected chi connectivity index (χ4v) is 2.78. The van der Waals surface area contributed by atoms with E-state index in [-0.39, 0.29) is 11.1 Å². The predicted molar refractivity (Wildman–Crippen MR) is 74.2 cm³/mol. The van der Waals surface area contributed by atoms with Gasteiger partial charge in [0.05, 0.1) is 28.3 Å². The van der Waals surface area contributed by atoms with E-state index in [1.807, 2.05) is 0 Å². The van der Waals surface area contributed by atoms with E-state index in [9.17, 15) is 8.42 Å². The minimum absolute atomic E-state index is 0.0774. The number of rotatable bonds is 7. The van der Waals surface area contributed by atoms with Crippen LogP contribution in [-0.4, -0.2) is 39.8 Å². The lowest BCUT2D eigenvalue weighted by Crippen LogP contribution is -2.20. The van der Waals surface area contributed by atoms with Gasteiger partial charge in [0.1, 0.15) is 0 Å². The van der Waals surface area contributed by atoms with Crippen molar-refractivity contribution < 1.29 is 13.2 Å². The van der Waals surface area contributed by atoms with Crippen LogP contribution in [-0.2, 0) is 14.6 Å². The third kappa shape index (κ3) is 4.15. The molecule has 1 atom stereocenters. The second kappa shape index (κ2) is 6.97. The Morgan fingerprint density at radius 3 is 2.67 bits per heavy atom. The highest BCUT2D eigenvalue weighted by atomic mass is 35.5. The summed E-state index contributed by atoms with van der Waals surface area (Å²) in [5.74, 6) is 0.0774. The molecular formula is C12H18ClNO3S. The van der Waals surface area contributed by atoms with Gasteiger partial charge in [-0.2, -0.15) is 0 Å². The highest BCUT2D eigenvalue weighted by molar-refractivity contribution is 7.91. The number of hydrogen-bond acceptors (Lipinski definition) is 4. The van der Waals surface area contributed by atoms with Crippen LogP contribution in [0.3, 0.4) is 0 Å². The molecule has 0 amide bonds. The number of halogens is 1. The largest absolute Gasteiger partial charge is 0.383 e. The van der Waals surface area contributed by atoms with Gasteiger partial charge in [-0.3, -0.25) is 0 Å². The van der Waals surface area contributed by atoms with Crippen LogP contribution in [0.15, 0.2) is 29.2 Å². The molecule has 0 aromatic heterocycles. The molecule has 6 heteroatoms. The molecule has 102 valence electrons. The van der Waals surface area contributed by atoms with Gasteiger partial charge in [-0.15, -0.1) is 11.6 Å². The van der Waals surface area contributed by atoms with Gasteiger partial charge in [-0.1, -0.05) is 19.1 Å². The summed E-state index contributed by atoms with van der Waals surface area (Å²) < 4.78 is 28.7. The van der Waals surface area contributed by atoms with E-state index < -0.39 is 9.84 Å². The van der Waals surface area contributed by atoms with Crippen LogP contribution < -0.4 is 5.32 Å². The van der Waals surface area contributed by atoms with Gasteiger partial charge in [0, 0.05) is 13.7 Å². The number of para-hydroxylation sites is 1. The first kappa shape index (κ1) is 15.3. The number of hydrogen-bond donors (Lipinski definition) is 1. The summed E-state index contributed by atoms with van der Waals surface area (Å²) in [6.45, 7) is 2.49. The quantitative estimate of drug-likeness (QED) is 0.782. The first-order valence-corrected chi connectivity index (χ1v) is 7.78. The number of methoxy groups -OCH3 is 1.